The van der Waals surface area contributed by atoms with Crippen LogP contribution in [0.1, 0.15) is 35.6 Å². The van der Waals surface area contributed by atoms with Crippen LogP contribution in [0.25, 0.3) is 0 Å². The normalized spacial score (nSPS) is 22.4. The lowest BCUT2D eigenvalue weighted by Crippen LogP contribution is -2.43. The van der Waals surface area contributed by atoms with Crippen LogP contribution in [0.3, 0.4) is 0 Å². The molecule has 1 spiro atoms. The second kappa shape index (κ2) is 7.46. The number of nitrogens with one attached hydrogen (secondary N) is 2. The molecule has 1 amide bonds. The van der Waals surface area contributed by atoms with Crippen molar-refractivity contribution >= 4 is 17.8 Å². The first-order valence-electron chi connectivity index (χ1n) is 8.65. The van der Waals surface area contributed by atoms with Gasteiger partial charge in [0.1, 0.15) is 11.8 Å². The molecule has 26 heavy (non-hydrogen) atoms. The van der Waals surface area contributed by atoms with Crippen molar-refractivity contribution in [2.45, 2.75) is 31.8 Å². The smallest absolute Gasteiger partial charge is 0.371 e. The molecule has 3 rings (SSSR count). The van der Waals surface area contributed by atoms with E-state index in [9.17, 15) is 19.5 Å². The van der Waals surface area contributed by atoms with Gasteiger partial charge in [0.05, 0.1) is 13.1 Å². The minimum Gasteiger partial charge on any atom is -0.480 e. The van der Waals surface area contributed by atoms with Gasteiger partial charge < -0.3 is 25.3 Å². The van der Waals surface area contributed by atoms with Crippen LogP contribution in [0, 0.1) is 5.41 Å². The fourth-order valence-corrected chi connectivity index (χ4v) is 3.89. The molecule has 9 nitrogen and oxygen atoms in total. The van der Waals surface area contributed by atoms with Crippen LogP contribution in [-0.2, 0) is 16.1 Å². The Labute approximate surface area is 150 Å². The second-order valence-electron chi connectivity index (χ2n) is 7.06. The molecule has 4 N–H and O–H groups in total. The summed E-state index contributed by atoms with van der Waals surface area (Å²) >= 11 is 0. The molecule has 0 unspecified atom stereocenters. The fourth-order valence-electron chi connectivity index (χ4n) is 3.89. The van der Waals surface area contributed by atoms with Crippen molar-refractivity contribution in [3.63, 3.8) is 0 Å². The zero-order valence-electron chi connectivity index (χ0n) is 14.4. The van der Waals surface area contributed by atoms with Gasteiger partial charge in [-0.1, -0.05) is 0 Å². The Bertz CT molecular complexity index is 694. The van der Waals surface area contributed by atoms with E-state index >= 15 is 0 Å². The summed E-state index contributed by atoms with van der Waals surface area (Å²) in [5, 5.41) is 24.3. The number of likely N-dealkylation sites (tertiary alicyclic amines) is 1. The lowest BCUT2D eigenvalue weighted by molar-refractivity contribution is -0.142. The van der Waals surface area contributed by atoms with Crippen molar-refractivity contribution in [2.75, 3.05) is 26.2 Å². The Hall–Kier alpha value is -2.39. The summed E-state index contributed by atoms with van der Waals surface area (Å²) in [5.74, 6) is -2.23. The Morgan fingerprint density at radius 2 is 2.00 bits per heavy atom. The van der Waals surface area contributed by atoms with E-state index in [2.05, 4.69) is 10.6 Å². The molecule has 9 heteroatoms. The van der Waals surface area contributed by atoms with Gasteiger partial charge in [0, 0.05) is 6.54 Å². The van der Waals surface area contributed by atoms with Gasteiger partial charge in [-0.3, -0.25) is 14.5 Å². The van der Waals surface area contributed by atoms with E-state index in [4.69, 9.17) is 9.52 Å². The minimum atomic E-state index is -1.17. The van der Waals surface area contributed by atoms with Crippen molar-refractivity contribution in [1.29, 1.82) is 0 Å². The van der Waals surface area contributed by atoms with E-state index < -0.39 is 18.0 Å². The van der Waals surface area contributed by atoms with Crippen molar-refractivity contribution in [3.05, 3.63) is 23.7 Å². The highest BCUT2D eigenvalue weighted by Gasteiger charge is 2.47. The second-order valence-corrected chi connectivity index (χ2v) is 7.06. The minimum absolute atomic E-state index is 0.00135. The maximum absolute atomic E-state index is 12.2. The molecule has 142 valence electrons. The molecule has 1 aromatic heterocycles. The van der Waals surface area contributed by atoms with E-state index in [-0.39, 0.29) is 30.2 Å². The molecule has 1 atom stereocenters. The fraction of sp³-hybridized carbons (Fsp3) is 0.588. The monoisotopic (exact) mass is 365 g/mol. The number of carbonyl (C=O) groups excluding carboxylic acids is 1. The van der Waals surface area contributed by atoms with Crippen molar-refractivity contribution in [1.82, 2.24) is 15.5 Å². The van der Waals surface area contributed by atoms with Gasteiger partial charge in [-0.25, -0.2) is 4.79 Å². The SMILES string of the molecule is O=C(CN1CC2(CCNCC2)C[C@H]1C(=O)O)NCc1ccc(C(=O)O)o1. The van der Waals surface area contributed by atoms with Gasteiger partial charge in [0.25, 0.3) is 0 Å². The number of piperidine rings is 1. The van der Waals surface area contributed by atoms with E-state index in [1.165, 1.54) is 12.1 Å². The van der Waals surface area contributed by atoms with Gasteiger partial charge in [-0.15, -0.1) is 0 Å². The summed E-state index contributed by atoms with van der Waals surface area (Å²) < 4.78 is 5.09. The number of aromatic carboxylic acids is 1. The van der Waals surface area contributed by atoms with Gasteiger partial charge in [-0.05, 0) is 49.9 Å². The number of carboxylic acid groups (broad SMARTS) is 2. The molecule has 0 aromatic carbocycles. The van der Waals surface area contributed by atoms with Crippen LogP contribution in [0.5, 0.6) is 0 Å². The molecule has 0 radical (unpaired) electrons. The molecule has 1 aromatic rings. The van der Waals surface area contributed by atoms with Crippen LogP contribution < -0.4 is 10.6 Å². The van der Waals surface area contributed by atoms with Crippen LogP contribution in [-0.4, -0.2) is 65.2 Å². The first-order valence-corrected chi connectivity index (χ1v) is 8.65. The van der Waals surface area contributed by atoms with Crippen molar-refractivity contribution < 1.29 is 29.0 Å². The molecule has 3 heterocycles. The highest BCUT2D eigenvalue weighted by molar-refractivity contribution is 5.84. The predicted molar refractivity (Wildman–Crippen MR) is 89.7 cm³/mol. The number of carboxylic acids is 2. The van der Waals surface area contributed by atoms with Gasteiger partial charge >= 0.3 is 11.9 Å². The van der Waals surface area contributed by atoms with Crippen LogP contribution in [0.15, 0.2) is 16.5 Å². The Morgan fingerprint density at radius 3 is 2.62 bits per heavy atom. The molecule has 0 bridgehead atoms. The Kier molecular flexibility index (Phi) is 5.28. The topological polar surface area (TPSA) is 132 Å². The van der Waals surface area contributed by atoms with Crippen molar-refractivity contribution in [2.24, 2.45) is 5.41 Å². The zero-order chi connectivity index (χ0) is 18.7. The Morgan fingerprint density at radius 1 is 1.27 bits per heavy atom. The summed E-state index contributed by atoms with van der Waals surface area (Å²) in [4.78, 5) is 36.4. The largest absolute Gasteiger partial charge is 0.480 e. The molecule has 0 aliphatic carbocycles. The first-order chi connectivity index (χ1) is 12.4. The summed E-state index contributed by atoms with van der Waals surface area (Å²) in [5.41, 5.74) is -0.0357. The van der Waals surface area contributed by atoms with E-state index in [0.29, 0.717) is 18.7 Å². The quantitative estimate of drug-likeness (QED) is 0.559. The number of amides is 1. The van der Waals surface area contributed by atoms with Crippen LogP contribution in [0.2, 0.25) is 0 Å². The molecular weight excluding hydrogens is 342 g/mol. The predicted octanol–water partition coefficient (Wildman–Crippen LogP) is 0.123. The van der Waals surface area contributed by atoms with Gasteiger partial charge in [-0.2, -0.15) is 0 Å². The number of hydrogen-bond donors (Lipinski definition) is 4. The summed E-state index contributed by atoms with van der Waals surface area (Å²) in [7, 11) is 0. The number of hydrogen-bond acceptors (Lipinski definition) is 6. The summed E-state index contributed by atoms with van der Waals surface area (Å²) in [6.45, 7) is 2.40. The third-order valence-corrected chi connectivity index (χ3v) is 5.23. The van der Waals surface area contributed by atoms with Crippen LogP contribution in [0.4, 0.5) is 0 Å². The number of aliphatic carboxylic acids is 1. The number of nitrogens with zero attached hydrogens (tertiary/aromatic N) is 1. The first kappa shape index (κ1) is 18.4. The highest BCUT2D eigenvalue weighted by atomic mass is 16.4. The van der Waals surface area contributed by atoms with E-state index in [0.717, 1.165) is 25.9 Å². The third-order valence-electron chi connectivity index (χ3n) is 5.23. The van der Waals surface area contributed by atoms with Gasteiger partial charge in [0.15, 0.2) is 0 Å². The molecule has 2 aliphatic heterocycles. The van der Waals surface area contributed by atoms with Crippen LogP contribution >= 0.6 is 0 Å². The van der Waals surface area contributed by atoms with Crippen molar-refractivity contribution in [3.8, 4) is 0 Å². The Balaban J connectivity index is 1.56. The molecular formula is C17H23N3O6. The van der Waals surface area contributed by atoms with Gasteiger partial charge in [0.2, 0.25) is 11.7 Å². The zero-order valence-corrected chi connectivity index (χ0v) is 14.4. The molecule has 0 saturated carbocycles. The lowest BCUT2D eigenvalue weighted by atomic mass is 9.77. The standard InChI is InChI=1S/C17H23N3O6/c21-14(19-8-11-1-2-13(26-11)16(24)25)9-20-10-17(3-5-18-6-4-17)7-12(20)15(22)23/h1-2,12,18H,3-10H2,(H,19,21)(H,22,23)(H,24,25)/t12-/m0/s1. The molecule has 2 aliphatic rings. The maximum Gasteiger partial charge on any atom is 0.371 e. The van der Waals surface area contributed by atoms with E-state index in [1.807, 2.05) is 0 Å². The highest BCUT2D eigenvalue weighted by Crippen LogP contribution is 2.41. The third kappa shape index (κ3) is 4.05. The lowest BCUT2D eigenvalue weighted by Gasteiger charge is -2.33. The summed E-state index contributed by atoms with van der Waals surface area (Å²) in [6.07, 6.45) is 2.40. The number of furan rings is 1. The maximum atomic E-state index is 12.2. The number of rotatable bonds is 6. The molecule has 2 saturated heterocycles. The van der Waals surface area contributed by atoms with E-state index in [1.54, 1.807) is 4.90 Å². The molecule has 2 fully saturated rings. The average molecular weight is 365 g/mol. The summed E-state index contributed by atoms with van der Waals surface area (Å²) in [6, 6.07) is 2.16. The average Bonchev–Trinajstić information content (AvgIpc) is 3.19. The number of carbonyl (C=O) groups is 3.